The zero-order valence-electron chi connectivity index (χ0n) is 6.73. The number of unbranched alkanes of at least 4 members (excludes halogenated alkanes) is 1. The first-order valence-corrected chi connectivity index (χ1v) is 5.09. The van der Waals surface area contributed by atoms with Gasteiger partial charge >= 0.3 is 13.1 Å². The van der Waals surface area contributed by atoms with E-state index in [9.17, 15) is 14.2 Å². The molecule has 0 saturated heterocycles. The Morgan fingerprint density at radius 2 is 2.25 bits per heavy atom. The second kappa shape index (κ2) is 5.19. The van der Waals surface area contributed by atoms with E-state index in [2.05, 4.69) is 4.52 Å². The first-order valence-electron chi connectivity index (χ1n) is 3.51. The van der Waals surface area contributed by atoms with Crippen LogP contribution in [0.15, 0.2) is 0 Å². The average Bonchev–Trinajstić information content (AvgIpc) is 2.03. The molecular formula is C6H11O5P. The Kier molecular flexibility index (Phi) is 4.97. The van der Waals surface area contributed by atoms with Gasteiger partial charge in [0, 0.05) is 0 Å². The van der Waals surface area contributed by atoms with Gasteiger partial charge in [-0.3, -0.25) is 14.2 Å². The van der Waals surface area contributed by atoms with Gasteiger partial charge in [-0.05, 0) is 6.42 Å². The van der Waals surface area contributed by atoms with Crippen LogP contribution in [0.25, 0.3) is 0 Å². The summed E-state index contributed by atoms with van der Waals surface area (Å²) in [5.41, 5.74) is -1.39. The molecular weight excluding hydrogens is 183 g/mol. The summed E-state index contributed by atoms with van der Waals surface area (Å²) < 4.78 is 15.1. The lowest BCUT2D eigenvalue weighted by atomic mass is 10.4. The van der Waals surface area contributed by atoms with Gasteiger partial charge < -0.3 is 9.42 Å². The molecule has 6 heteroatoms. The van der Waals surface area contributed by atoms with Gasteiger partial charge in [0.2, 0.25) is 0 Å². The predicted molar refractivity (Wildman–Crippen MR) is 41.8 cm³/mol. The Morgan fingerprint density at radius 3 is 2.67 bits per heavy atom. The number of hydrogen-bond acceptors (Lipinski definition) is 4. The Hall–Kier alpha value is -0.510. The van der Waals surface area contributed by atoms with Crippen molar-refractivity contribution in [3.05, 3.63) is 0 Å². The van der Waals surface area contributed by atoms with E-state index < -0.39 is 13.1 Å². The molecule has 1 unspecified atom stereocenters. The van der Waals surface area contributed by atoms with Gasteiger partial charge in [-0.15, -0.1) is 0 Å². The molecule has 0 amide bonds. The number of hydrogen-bond donors (Lipinski definition) is 1. The van der Waals surface area contributed by atoms with Crippen molar-refractivity contribution in [3.8, 4) is 0 Å². The van der Waals surface area contributed by atoms with Crippen LogP contribution < -0.4 is 0 Å². The summed E-state index contributed by atoms with van der Waals surface area (Å²) in [5, 5.41) is 0. The third-order valence-corrected chi connectivity index (χ3v) is 2.34. The van der Waals surface area contributed by atoms with Crippen molar-refractivity contribution in [2.24, 2.45) is 0 Å². The molecule has 0 aliphatic heterocycles. The molecule has 1 atom stereocenters. The molecule has 70 valence electrons. The Morgan fingerprint density at radius 1 is 1.67 bits per heavy atom. The van der Waals surface area contributed by atoms with Crippen LogP contribution in [-0.4, -0.2) is 23.3 Å². The number of aldehydes is 1. The molecule has 0 aliphatic rings. The van der Waals surface area contributed by atoms with Gasteiger partial charge in [0.15, 0.2) is 6.29 Å². The summed E-state index contributed by atoms with van der Waals surface area (Å²) in [6.45, 7) is 1.89. The van der Waals surface area contributed by atoms with Crippen molar-refractivity contribution in [3.63, 3.8) is 0 Å². The second-order valence-corrected chi connectivity index (χ2v) is 3.90. The Bertz CT molecular complexity index is 212. The smallest absolute Gasteiger partial charge is 0.319 e. The summed E-state index contributed by atoms with van der Waals surface area (Å²) in [4.78, 5) is 29.0. The van der Waals surface area contributed by atoms with E-state index in [1.165, 1.54) is 0 Å². The fourth-order valence-corrected chi connectivity index (χ4v) is 1.10. The SMILES string of the molecule is CCCCOP(=O)(O)C(=O)C=O. The Labute approximate surface area is 70.3 Å². The molecule has 0 rings (SSSR count). The van der Waals surface area contributed by atoms with Crippen LogP contribution in [0.5, 0.6) is 0 Å². The molecule has 5 nitrogen and oxygen atoms in total. The maximum atomic E-state index is 10.8. The van der Waals surface area contributed by atoms with Gasteiger partial charge in [-0.1, -0.05) is 13.3 Å². The molecule has 0 radical (unpaired) electrons. The number of carbonyl (C=O) groups excluding carboxylic acids is 2. The lowest BCUT2D eigenvalue weighted by molar-refractivity contribution is -0.126. The first kappa shape index (κ1) is 11.5. The highest BCUT2D eigenvalue weighted by atomic mass is 31.2. The topological polar surface area (TPSA) is 80.7 Å². The standard InChI is InChI=1S/C6H11O5P/c1-2-3-4-11-12(9,10)6(8)5-7/h5H,2-4H2,1H3,(H,9,10). The molecule has 0 heterocycles. The molecule has 0 aromatic heterocycles. The van der Waals surface area contributed by atoms with Crippen LogP contribution in [0.4, 0.5) is 0 Å². The van der Waals surface area contributed by atoms with Crippen molar-refractivity contribution in [2.45, 2.75) is 19.8 Å². The van der Waals surface area contributed by atoms with Crippen molar-refractivity contribution in [1.29, 1.82) is 0 Å². The van der Waals surface area contributed by atoms with Crippen LogP contribution in [0.2, 0.25) is 0 Å². The monoisotopic (exact) mass is 194 g/mol. The molecule has 0 aromatic rings. The molecule has 0 aliphatic carbocycles. The van der Waals surface area contributed by atoms with Gasteiger partial charge in [0.05, 0.1) is 6.61 Å². The maximum Gasteiger partial charge on any atom is 0.401 e. The van der Waals surface area contributed by atoms with Crippen LogP contribution in [0.3, 0.4) is 0 Å². The molecule has 0 fully saturated rings. The van der Waals surface area contributed by atoms with Crippen LogP contribution in [0, 0.1) is 0 Å². The minimum Gasteiger partial charge on any atom is -0.319 e. The zero-order valence-corrected chi connectivity index (χ0v) is 7.62. The average molecular weight is 194 g/mol. The van der Waals surface area contributed by atoms with E-state index in [-0.39, 0.29) is 12.9 Å². The summed E-state index contributed by atoms with van der Waals surface area (Å²) in [6.07, 6.45) is 1.17. The lowest BCUT2D eigenvalue weighted by Gasteiger charge is -2.06. The number of carbonyl (C=O) groups is 2. The van der Waals surface area contributed by atoms with Crippen LogP contribution >= 0.6 is 7.60 Å². The van der Waals surface area contributed by atoms with Gasteiger partial charge in [-0.2, -0.15) is 0 Å². The fraction of sp³-hybridized carbons (Fsp3) is 0.667. The van der Waals surface area contributed by atoms with Crippen LogP contribution in [0.1, 0.15) is 19.8 Å². The normalized spacial score (nSPS) is 15.2. The molecule has 0 spiro atoms. The molecule has 1 N–H and O–H groups in total. The second-order valence-electron chi connectivity index (χ2n) is 2.16. The van der Waals surface area contributed by atoms with E-state index >= 15 is 0 Å². The van der Waals surface area contributed by atoms with Crippen molar-refractivity contribution in [1.82, 2.24) is 0 Å². The fourth-order valence-electron chi connectivity index (χ4n) is 0.463. The maximum absolute atomic E-state index is 10.8. The molecule has 0 aromatic carbocycles. The van der Waals surface area contributed by atoms with E-state index in [0.29, 0.717) is 6.42 Å². The Balaban J connectivity index is 3.96. The third kappa shape index (κ3) is 3.76. The quantitative estimate of drug-likeness (QED) is 0.291. The first-order chi connectivity index (χ1) is 5.54. The summed E-state index contributed by atoms with van der Waals surface area (Å²) >= 11 is 0. The molecule has 12 heavy (non-hydrogen) atoms. The summed E-state index contributed by atoms with van der Waals surface area (Å²) in [5.74, 6) is 0. The van der Waals surface area contributed by atoms with Gasteiger partial charge in [-0.25, -0.2) is 0 Å². The summed E-state index contributed by atoms with van der Waals surface area (Å²) in [7, 11) is -4.32. The number of rotatable bonds is 6. The molecule has 0 bridgehead atoms. The van der Waals surface area contributed by atoms with Crippen LogP contribution in [-0.2, 0) is 18.7 Å². The largest absolute Gasteiger partial charge is 0.401 e. The highest BCUT2D eigenvalue weighted by Crippen LogP contribution is 2.41. The van der Waals surface area contributed by atoms with Gasteiger partial charge in [0.25, 0.3) is 0 Å². The zero-order chi connectivity index (χ0) is 9.61. The van der Waals surface area contributed by atoms with Crippen molar-refractivity contribution < 1.29 is 23.6 Å². The van der Waals surface area contributed by atoms with E-state index in [4.69, 9.17) is 4.89 Å². The minimum absolute atomic E-state index is 0.0177. The molecule has 0 saturated carbocycles. The summed E-state index contributed by atoms with van der Waals surface area (Å²) in [6, 6.07) is 0. The van der Waals surface area contributed by atoms with Gasteiger partial charge in [0.1, 0.15) is 0 Å². The van der Waals surface area contributed by atoms with Crippen molar-refractivity contribution in [2.75, 3.05) is 6.61 Å². The van der Waals surface area contributed by atoms with E-state index in [1.54, 1.807) is 0 Å². The van der Waals surface area contributed by atoms with E-state index in [1.807, 2.05) is 6.92 Å². The highest BCUT2D eigenvalue weighted by Gasteiger charge is 2.29. The minimum atomic E-state index is -4.32. The van der Waals surface area contributed by atoms with E-state index in [0.717, 1.165) is 6.42 Å². The predicted octanol–water partition coefficient (Wildman–Crippen LogP) is 0.714. The third-order valence-electron chi connectivity index (χ3n) is 1.14. The van der Waals surface area contributed by atoms with Crippen molar-refractivity contribution >= 4 is 19.4 Å². The highest BCUT2D eigenvalue weighted by molar-refractivity contribution is 7.73. The lowest BCUT2D eigenvalue weighted by Crippen LogP contribution is -2.04.